The van der Waals surface area contributed by atoms with E-state index in [1.54, 1.807) is 11.3 Å². The highest BCUT2D eigenvalue weighted by Gasteiger charge is 2.51. The van der Waals surface area contributed by atoms with Crippen LogP contribution >= 0.6 is 11.3 Å². The van der Waals surface area contributed by atoms with Crippen molar-refractivity contribution in [3.05, 3.63) is 78.2 Å². The van der Waals surface area contributed by atoms with Gasteiger partial charge in [0.15, 0.2) is 0 Å². The van der Waals surface area contributed by atoms with Crippen LogP contribution in [0.3, 0.4) is 0 Å². The van der Waals surface area contributed by atoms with Crippen LogP contribution in [0, 0.1) is 12.3 Å². The number of aromatic nitrogens is 7. The van der Waals surface area contributed by atoms with Gasteiger partial charge < -0.3 is 9.47 Å². The zero-order valence-electron chi connectivity index (χ0n) is 26.1. The summed E-state index contributed by atoms with van der Waals surface area (Å²) < 4.78 is 1.96. The van der Waals surface area contributed by atoms with Gasteiger partial charge in [0.1, 0.15) is 22.0 Å². The number of nitrogens with zero attached hydrogens (tertiary/aromatic N) is 9. The van der Waals surface area contributed by atoms with Gasteiger partial charge in [-0.1, -0.05) is 12.7 Å². The van der Waals surface area contributed by atoms with Crippen molar-refractivity contribution in [2.75, 3.05) is 44.2 Å². The molecule has 46 heavy (non-hydrogen) atoms. The lowest BCUT2D eigenvalue weighted by Crippen LogP contribution is -2.39. The SMILES string of the molecule is C=C(CN1CC[C@]2(CCN(c3ccc4[nH]nc(-c5ccc(C)nc5)c4n3)C2=O)C1)N1CC=C(c2ncc(-c3cn(C)cn3)s2)CC1. The molecule has 1 N–H and O–H groups in total. The van der Waals surface area contributed by atoms with E-state index >= 15 is 0 Å². The lowest BCUT2D eigenvalue weighted by molar-refractivity contribution is -0.125. The molecule has 0 bridgehead atoms. The van der Waals surface area contributed by atoms with E-state index in [-0.39, 0.29) is 11.3 Å². The highest BCUT2D eigenvalue weighted by Crippen LogP contribution is 2.43. The fraction of sp³-hybridized carbons (Fsp3) is 0.353. The van der Waals surface area contributed by atoms with Crippen molar-refractivity contribution < 1.29 is 4.79 Å². The van der Waals surface area contributed by atoms with Crippen LogP contribution in [-0.2, 0) is 11.8 Å². The highest BCUT2D eigenvalue weighted by molar-refractivity contribution is 7.16. The van der Waals surface area contributed by atoms with Gasteiger partial charge in [-0.2, -0.15) is 5.10 Å². The lowest BCUT2D eigenvalue weighted by Gasteiger charge is -2.32. The minimum absolute atomic E-state index is 0.175. The number of nitrogens with one attached hydrogen (secondary N) is 1. The van der Waals surface area contributed by atoms with E-state index in [0.717, 1.165) is 101 Å². The minimum atomic E-state index is -0.373. The fourth-order valence-electron chi connectivity index (χ4n) is 6.95. The summed E-state index contributed by atoms with van der Waals surface area (Å²) in [6.45, 7) is 11.2. The lowest BCUT2D eigenvalue weighted by atomic mass is 9.85. The maximum atomic E-state index is 14.0. The maximum Gasteiger partial charge on any atom is 0.235 e. The standard InChI is InChI=1S/C34H36N10OS/c1-22-4-5-25(16-35-22)30-31-26(39-40-30)6-7-29(38-31)44-15-11-34(33(44)45)10-14-42(20-34)18-23(2)43-12-8-24(9-13-43)32-36-17-28(46-32)27-19-41(3)21-37-27/h4-8,16-17,19,21H,2,9-15,18,20H2,1,3H3,(H,39,40)/t34-/m0/s1. The molecule has 2 saturated heterocycles. The smallest absolute Gasteiger partial charge is 0.235 e. The van der Waals surface area contributed by atoms with Gasteiger partial charge in [-0.15, -0.1) is 11.3 Å². The van der Waals surface area contributed by atoms with Crippen molar-refractivity contribution in [1.82, 2.24) is 44.5 Å². The number of carbonyl (C=O) groups excluding carboxylic acids is 1. The summed E-state index contributed by atoms with van der Waals surface area (Å²) in [6.07, 6.45) is 12.5. The Morgan fingerprint density at radius 1 is 1.09 bits per heavy atom. The Bertz CT molecular complexity index is 1990. The molecular formula is C34H36N10OS. The van der Waals surface area contributed by atoms with Crippen molar-refractivity contribution in [2.24, 2.45) is 12.5 Å². The average Bonchev–Trinajstić information content (AvgIpc) is 3.91. The van der Waals surface area contributed by atoms with Crippen LogP contribution in [0.5, 0.6) is 0 Å². The second-order valence-electron chi connectivity index (χ2n) is 12.7. The fourth-order valence-corrected chi connectivity index (χ4v) is 7.89. The Hall–Kier alpha value is -4.68. The number of carbonyl (C=O) groups is 1. The highest BCUT2D eigenvalue weighted by atomic mass is 32.1. The Balaban J connectivity index is 0.903. The number of hydrogen-bond donors (Lipinski definition) is 1. The molecule has 0 saturated carbocycles. The number of anilines is 1. The third-order valence-electron chi connectivity index (χ3n) is 9.60. The van der Waals surface area contributed by atoms with Crippen molar-refractivity contribution in [3.63, 3.8) is 0 Å². The summed E-state index contributed by atoms with van der Waals surface area (Å²) in [6, 6.07) is 7.86. The second-order valence-corrected chi connectivity index (χ2v) is 13.8. The van der Waals surface area contributed by atoms with Crippen LogP contribution in [0.4, 0.5) is 5.82 Å². The van der Waals surface area contributed by atoms with Crippen LogP contribution in [0.25, 0.3) is 38.4 Å². The molecule has 0 unspecified atom stereocenters. The molecule has 5 aromatic heterocycles. The summed E-state index contributed by atoms with van der Waals surface area (Å²) in [5.74, 6) is 0.858. The predicted molar refractivity (Wildman–Crippen MR) is 180 cm³/mol. The Morgan fingerprint density at radius 3 is 2.76 bits per heavy atom. The van der Waals surface area contributed by atoms with Gasteiger partial charge in [0.25, 0.3) is 0 Å². The molecule has 1 atom stereocenters. The van der Waals surface area contributed by atoms with Gasteiger partial charge in [-0.25, -0.2) is 15.0 Å². The molecule has 5 aromatic rings. The van der Waals surface area contributed by atoms with Crippen LogP contribution in [-0.4, -0.2) is 89.7 Å². The summed E-state index contributed by atoms with van der Waals surface area (Å²) in [5.41, 5.74) is 7.17. The zero-order valence-corrected chi connectivity index (χ0v) is 26.9. The third-order valence-corrected chi connectivity index (χ3v) is 10.7. The normalized spacial score (nSPS) is 20.4. The van der Waals surface area contributed by atoms with Gasteiger partial charge in [0, 0.05) is 75.3 Å². The first kappa shape index (κ1) is 28.8. The summed E-state index contributed by atoms with van der Waals surface area (Å²) in [7, 11) is 1.98. The molecule has 3 aliphatic heterocycles. The Kier molecular flexibility index (Phi) is 7.06. The number of imidazole rings is 1. The van der Waals surface area contributed by atoms with Crippen molar-refractivity contribution in [1.29, 1.82) is 0 Å². The van der Waals surface area contributed by atoms with E-state index in [4.69, 9.17) is 9.97 Å². The molecule has 2 fully saturated rings. The topological polar surface area (TPSA) is 112 Å². The number of hydrogen-bond acceptors (Lipinski definition) is 9. The molecule has 12 heteroatoms. The van der Waals surface area contributed by atoms with Gasteiger partial charge >= 0.3 is 0 Å². The number of thiazole rings is 1. The number of aryl methyl sites for hydroxylation is 2. The monoisotopic (exact) mass is 632 g/mol. The van der Waals surface area contributed by atoms with Crippen LogP contribution < -0.4 is 4.90 Å². The second kappa shape index (κ2) is 11.3. The Labute approximate surface area is 271 Å². The molecule has 8 heterocycles. The zero-order chi connectivity index (χ0) is 31.4. The first-order valence-corrected chi connectivity index (χ1v) is 16.6. The maximum absolute atomic E-state index is 14.0. The first-order valence-electron chi connectivity index (χ1n) is 15.7. The van der Waals surface area contributed by atoms with Gasteiger partial charge in [-0.05, 0) is 62.6 Å². The number of rotatable bonds is 7. The van der Waals surface area contributed by atoms with E-state index in [2.05, 4.69) is 42.6 Å². The van der Waals surface area contributed by atoms with Crippen molar-refractivity contribution >= 4 is 39.7 Å². The number of aromatic amines is 1. The van der Waals surface area contributed by atoms with Crippen LogP contribution in [0.15, 0.2) is 67.5 Å². The van der Waals surface area contributed by atoms with Crippen LogP contribution in [0.1, 0.15) is 30.0 Å². The van der Waals surface area contributed by atoms with E-state index in [0.29, 0.717) is 12.4 Å². The van der Waals surface area contributed by atoms with Crippen LogP contribution in [0.2, 0.25) is 0 Å². The number of pyridine rings is 2. The summed E-state index contributed by atoms with van der Waals surface area (Å²) in [4.78, 5) is 40.2. The molecule has 8 rings (SSSR count). The summed E-state index contributed by atoms with van der Waals surface area (Å²) in [5, 5.41) is 8.65. The van der Waals surface area contributed by atoms with E-state index in [9.17, 15) is 4.79 Å². The molecule has 0 aromatic carbocycles. The average molecular weight is 633 g/mol. The largest absolute Gasteiger partial charge is 0.370 e. The number of amides is 1. The Morgan fingerprint density at radius 2 is 1.98 bits per heavy atom. The quantitative estimate of drug-likeness (QED) is 0.269. The molecule has 0 aliphatic carbocycles. The van der Waals surface area contributed by atoms with E-state index in [1.807, 2.05) is 72.6 Å². The molecule has 0 radical (unpaired) electrons. The number of likely N-dealkylation sites (tertiary alicyclic amines) is 1. The number of fused-ring (bicyclic) bond motifs is 1. The molecular weight excluding hydrogens is 597 g/mol. The van der Waals surface area contributed by atoms with E-state index < -0.39 is 0 Å². The molecule has 234 valence electrons. The molecule has 1 amide bonds. The molecule has 1 spiro atoms. The predicted octanol–water partition coefficient (Wildman–Crippen LogP) is 4.92. The third kappa shape index (κ3) is 5.11. The van der Waals surface area contributed by atoms with E-state index in [1.165, 1.54) is 5.57 Å². The first-order chi connectivity index (χ1) is 22.3. The van der Waals surface area contributed by atoms with Crippen molar-refractivity contribution in [3.8, 4) is 21.8 Å². The molecule has 11 nitrogen and oxygen atoms in total. The molecule has 3 aliphatic rings. The number of H-pyrrole nitrogens is 1. The minimum Gasteiger partial charge on any atom is -0.370 e. The summed E-state index contributed by atoms with van der Waals surface area (Å²) >= 11 is 1.70. The van der Waals surface area contributed by atoms with Gasteiger partial charge in [-0.3, -0.25) is 24.7 Å². The van der Waals surface area contributed by atoms with Crippen molar-refractivity contribution in [2.45, 2.75) is 26.2 Å². The van der Waals surface area contributed by atoms with Gasteiger partial charge in [0.05, 0.1) is 27.8 Å². The van der Waals surface area contributed by atoms with Gasteiger partial charge in [0.2, 0.25) is 5.91 Å².